The maximum absolute atomic E-state index is 12.6. The maximum Gasteiger partial charge on any atom is 0.258 e. The number of aromatic amines is 1. The Balaban J connectivity index is 1.40. The van der Waals surface area contributed by atoms with Crippen LogP contribution in [-0.4, -0.2) is 58.2 Å². The molecule has 2 aliphatic rings. The smallest absolute Gasteiger partial charge is 0.258 e. The molecule has 0 spiro atoms. The van der Waals surface area contributed by atoms with Crippen LogP contribution in [0.15, 0.2) is 29.1 Å². The molecule has 9 heteroatoms. The van der Waals surface area contributed by atoms with E-state index in [4.69, 9.17) is 19.7 Å². The number of fused-ring (bicyclic) bond motifs is 4. The lowest BCUT2D eigenvalue weighted by atomic mass is 9.89. The molecule has 1 aliphatic heterocycles. The third-order valence-electron chi connectivity index (χ3n) is 7.06. The number of aromatic nitrogens is 4. The second-order valence-electron chi connectivity index (χ2n) is 9.77. The molecule has 4 heterocycles. The van der Waals surface area contributed by atoms with Crippen molar-refractivity contribution in [1.82, 2.24) is 24.8 Å². The van der Waals surface area contributed by atoms with Crippen LogP contribution in [0.4, 0.5) is 5.82 Å². The summed E-state index contributed by atoms with van der Waals surface area (Å²) in [5.74, 6) is 3.11. The van der Waals surface area contributed by atoms with Gasteiger partial charge in [-0.2, -0.15) is 0 Å². The second kappa shape index (κ2) is 9.29. The molecule has 8 nitrogen and oxygen atoms in total. The van der Waals surface area contributed by atoms with E-state index < -0.39 is 0 Å². The van der Waals surface area contributed by atoms with E-state index in [0.717, 1.165) is 55.6 Å². The van der Waals surface area contributed by atoms with Crippen molar-refractivity contribution in [3.63, 3.8) is 0 Å². The topological polar surface area (TPSA) is 87.2 Å². The summed E-state index contributed by atoms with van der Waals surface area (Å²) in [4.78, 5) is 37.4. The first-order valence-corrected chi connectivity index (χ1v) is 13.2. The Morgan fingerprint density at radius 1 is 1.20 bits per heavy atom. The van der Waals surface area contributed by atoms with Gasteiger partial charge < -0.3 is 14.6 Å². The van der Waals surface area contributed by atoms with Crippen molar-refractivity contribution in [2.45, 2.75) is 39.3 Å². The number of aryl methyl sites for hydroxylation is 1. The van der Waals surface area contributed by atoms with E-state index in [1.54, 1.807) is 6.07 Å². The minimum absolute atomic E-state index is 0.109. The Morgan fingerprint density at radius 3 is 2.89 bits per heavy atom. The molecule has 3 aromatic heterocycles. The van der Waals surface area contributed by atoms with Crippen molar-refractivity contribution in [3.05, 3.63) is 56.7 Å². The lowest BCUT2D eigenvalue weighted by Gasteiger charge is -2.26. The summed E-state index contributed by atoms with van der Waals surface area (Å²) in [6.07, 6.45) is 3.36. The van der Waals surface area contributed by atoms with E-state index in [9.17, 15) is 4.79 Å². The highest BCUT2D eigenvalue weighted by Gasteiger charge is 2.26. The average molecular weight is 491 g/mol. The van der Waals surface area contributed by atoms with Crippen LogP contribution in [0, 0.1) is 5.92 Å². The highest BCUT2D eigenvalue weighted by atomic mass is 32.1. The number of nitrogens with one attached hydrogen (secondary N) is 1. The predicted molar refractivity (Wildman–Crippen MR) is 139 cm³/mol. The van der Waals surface area contributed by atoms with E-state index in [0.29, 0.717) is 35.7 Å². The van der Waals surface area contributed by atoms with Crippen LogP contribution in [0.5, 0.6) is 0 Å². The van der Waals surface area contributed by atoms with Crippen LogP contribution < -0.4 is 10.5 Å². The summed E-state index contributed by atoms with van der Waals surface area (Å²) in [5, 5.41) is 1.78. The standard InChI is InChI=1S/C26H30N6O2S/c1-16-7-8-18-20(13-16)35-26-23(18)24(28-22(30-26)15-32-9-11-34-12-10-32)31(2)14-21-27-19-6-4-3-5-17(19)25(33)29-21/h3-6,16H,7-15H2,1-2H3,(H,27,29,33). The Labute approximate surface area is 208 Å². The Morgan fingerprint density at radius 2 is 2.03 bits per heavy atom. The Hall–Kier alpha value is -2.88. The molecule has 4 aromatic rings. The van der Waals surface area contributed by atoms with Gasteiger partial charge in [-0.05, 0) is 42.9 Å². The lowest BCUT2D eigenvalue weighted by molar-refractivity contribution is 0.0331. The highest BCUT2D eigenvalue weighted by Crippen LogP contribution is 2.41. The van der Waals surface area contributed by atoms with Gasteiger partial charge in [-0.15, -0.1) is 11.3 Å². The number of benzene rings is 1. The molecule has 1 saturated heterocycles. The first-order valence-electron chi connectivity index (χ1n) is 12.4. The van der Waals surface area contributed by atoms with Gasteiger partial charge in [-0.25, -0.2) is 15.0 Å². The van der Waals surface area contributed by atoms with Gasteiger partial charge in [0.05, 0.1) is 42.6 Å². The predicted octanol–water partition coefficient (Wildman–Crippen LogP) is 3.52. The zero-order valence-corrected chi connectivity index (χ0v) is 21.0. The molecular weight excluding hydrogens is 460 g/mol. The number of rotatable bonds is 5. The molecule has 1 aliphatic carbocycles. The molecule has 1 N–H and O–H groups in total. The van der Waals surface area contributed by atoms with Gasteiger partial charge in [-0.3, -0.25) is 9.69 Å². The summed E-state index contributed by atoms with van der Waals surface area (Å²) >= 11 is 1.83. The number of para-hydroxylation sites is 1. The van der Waals surface area contributed by atoms with Gasteiger partial charge in [0.25, 0.3) is 5.56 Å². The van der Waals surface area contributed by atoms with Crippen molar-refractivity contribution in [1.29, 1.82) is 0 Å². The van der Waals surface area contributed by atoms with Crippen LogP contribution in [0.1, 0.15) is 35.4 Å². The third-order valence-corrected chi connectivity index (χ3v) is 8.21. The number of thiophene rings is 1. The van der Waals surface area contributed by atoms with E-state index in [2.05, 4.69) is 21.7 Å². The van der Waals surface area contributed by atoms with Crippen molar-refractivity contribution in [2.75, 3.05) is 38.3 Å². The largest absolute Gasteiger partial charge is 0.379 e. The summed E-state index contributed by atoms with van der Waals surface area (Å²) < 4.78 is 5.52. The fourth-order valence-electron chi connectivity index (χ4n) is 5.18. The number of nitrogens with zero attached hydrogens (tertiary/aromatic N) is 5. The van der Waals surface area contributed by atoms with Crippen LogP contribution in [0.3, 0.4) is 0 Å². The fraction of sp³-hybridized carbons (Fsp3) is 0.462. The molecule has 1 atom stereocenters. The molecule has 0 radical (unpaired) electrons. The number of anilines is 1. The molecule has 35 heavy (non-hydrogen) atoms. The lowest BCUT2D eigenvalue weighted by Crippen LogP contribution is -2.36. The van der Waals surface area contributed by atoms with Crippen LogP contribution >= 0.6 is 11.3 Å². The molecule has 1 aromatic carbocycles. The van der Waals surface area contributed by atoms with Crippen molar-refractivity contribution in [3.8, 4) is 0 Å². The fourth-order valence-corrected chi connectivity index (χ4v) is 6.58. The van der Waals surface area contributed by atoms with E-state index >= 15 is 0 Å². The molecular formula is C26H30N6O2S. The summed E-state index contributed by atoms with van der Waals surface area (Å²) in [5.41, 5.74) is 2.01. The van der Waals surface area contributed by atoms with Crippen molar-refractivity contribution >= 4 is 38.3 Å². The molecule has 0 amide bonds. The first kappa shape index (κ1) is 22.6. The van der Waals surface area contributed by atoms with Crippen molar-refractivity contribution in [2.24, 2.45) is 5.92 Å². The number of hydrogen-bond acceptors (Lipinski definition) is 8. The summed E-state index contributed by atoms with van der Waals surface area (Å²) in [7, 11) is 2.03. The molecule has 0 saturated carbocycles. The Bertz CT molecular complexity index is 1440. The third kappa shape index (κ3) is 4.44. The minimum Gasteiger partial charge on any atom is -0.379 e. The highest BCUT2D eigenvalue weighted by molar-refractivity contribution is 7.19. The van der Waals surface area contributed by atoms with Gasteiger partial charge in [-0.1, -0.05) is 19.1 Å². The number of morpholine rings is 1. The van der Waals surface area contributed by atoms with Gasteiger partial charge in [0.1, 0.15) is 22.3 Å². The number of ether oxygens (including phenoxy) is 1. The van der Waals surface area contributed by atoms with E-state index in [1.807, 2.05) is 36.6 Å². The molecule has 1 fully saturated rings. The summed E-state index contributed by atoms with van der Waals surface area (Å²) in [6, 6.07) is 7.46. The zero-order chi connectivity index (χ0) is 23.9. The number of H-pyrrole nitrogens is 1. The Kier molecular flexibility index (Phi) is 5.99. The minimum atomic E-state index is -0.109. The van der Waals surface area contributed by atoms with Gasteiger partial charge in [0.15, 0.2) is 0 Å². The zero-order valence-electron chi connectivity index (χ0n) is 20.2. The monoisotopic (exact) mass is 490 g/mol. The second-order valence-corrected chi connectivity index (χ2v) is 10.9. The SMILES string of the molecule is CC1CCc2c(sc3nc(CN4CCOCC4)nc(N(C)Cc4nc5ccccc5c(=O)[nH]4)c23)C1. The molecule has 1 unspecified atom stereocenters. The average Bonchev–Trinajstić information content (AvgIpc) is 3.21. The first-order chi connectivity index (χ1) is 17.0. The van der Waals surface area contributed by atoms with Crippen LogP contribution in [-0.2, 0) is 30.7 Å². The normalized spacial score (nSPS) is 18.7. The van der Waals surface area contributed by atoms with Gasteiger partial charge in [0, 0.05) is 25.0 Å². The van der Waals surface area contributed by atoms with E-state index in [1.165, 1.54) is 22.2 Å². The van der Waals surface area contributed by atoms with E-state index in [-0.39, 0.29) is 5.56 Å². The van der Waals surface area contributed by atoms with Crippen molar-refractivity contribution < 1.29 is 4.74 Å². The van der Waals surface area contributed by atoms with Crippen LogP contribution in [0.25, 0.3) is 21.1 Å². The quantitative estimate of drug-likeness (QED) is 0.458. The summed E-state index contributed by atoms with van der Waals surface area (Å²) in [6.45, 7) is 6.80. The molecule has 0 bridgehead atoms. The van der Waals surface area contributed by atoms with Crippen LogP contribution in [0.2, 0.25) is 0 Å². The van der Waals surface area contributed by atoms with Gasteiger partial charge >= 0.3 is 0 Å². The van der Waals surface area contributed by atoms with Gasteiger partial charge in [0.2, 0.25) is 0 Å². The number of hydrogen-bond donors (Lipinski definition) is 1. The maximum atomic E-state index is 12.6. The molecule has 182 valence electrons. The molecule has 6 rings (SSSR count).